The number of nitrogens with zero attached hydrogens (tertiary/aromatic N) is 5. The van der Waals surface area contributed by atoms with Crippen molar-refractivity contribution < 1.29 is 0 Å². The third-order valence-electron chi connectivity index (χ3n) is 6.95. The van der Waals surface area contributed by atoms with Gasteiger partial charge >= 0.3 is 0 Å². The van der Waals surface area contributed by atoms with Crippen LogP contribution in [0.25, 0.3) is 17.0 Å². The Labute approximate surface area is 196 Å². The van der Waals surface area contributed by atoms with Crippen molar-refractivity contribution in [3.63, 3.8) is 0 Å². The Hall–Kier alpha value is -3.65. The Morgan fingerprint density at radius 1 is 0.939 bits per heavy atom. The van der Waals surface area contributed by atoms with Crippen LogP contribution in [0.15, 0.2) is 67.5 Å². The first-order valence-corrected chi connectivity index (χ1v) is 11.8. The molecular weight excluding hydrogens is 406 g/mol. The average Bonchev–Trinajstić information content (AvgIpc) is 3.44. The molecule has 2 fully saturated rings. The Morgan fingerprint density at radius 2 is 1.70 bits per heavy atom. The fourth-order valence-corrected chi connectivity index (χ4v) is 4.93. The molecule has 166 valence electrons. The topological polar surface area (TPSA) is 56.1 Å². The lowest BCUT2D eigenvalue weighted by Crippen LogP contribution is -2.31. The maximum absolute atomic E-state index is 9.02. The lowest BCUT2D eigenvalue weighted by Gasteiger charge is -2.35. The van der Waals surface area contributed by atoms with Crippen molar-refractivity contribution >= 4 is 11.5 Å². The molecule has 1 aromatic carbocycles. The maximum Gasteiger partial charge on any atom is 0.128 e. The van der Waals surface area contributed by atoms with E-state index < -0.39 is 0 Å². The summed E-state index contributed by atoms with van der Waals surface area (Å²) in [5.41, 5.74) is 6.18. The summed E-state index contributed by atoms with van der Waals surface area (Å²) in [5, 5.41) is 9.02. The van der Waals surface area contributed by atoms with Gasteiger partial charge in [-0.15, -0.1) is 0 Å². The molecule has 5 heteroatoms. The van der Waals surface area contributed by atoms with E-state index >= 15 is 0 Å². The van der Waals surface area contributed by atoms with Gasteiger partial charge in [0.1, 0.15) is 5.82 Å². The van der Waals surface area contributed by atoms with Crippen LogP contribution in [0.2, 0.25) is 0 Å². The molecule has 5 rings (SSSR count). The number of pyridine rings is 2. The van der Waals surface area contributed by atoms with Crippen LogP contribution < -0.4 is 4.90 Å². The Balaban J connectivity index is 1.24. The molecule has 0 N–H and O–H groups in total. The number of likely N-dealkylation sites (tertiary alicyclic amines) is 1. The van der Waals surface area contributed by atoms with Gasteiger partial charge in [0.05, 0.1) is 17.3 Å². The molecule has 0 radical (unpaired) electrons. The van der Waals surface area contributed by atoms with Crippen molar-refractivity contribution in [2.24, 2.45) is 0 Å². The molecule has 2 saturated heterocycles. The third-order valence-corrected chi connectivity index (χ3v) is 6.95. The van der Waals surface area contributed by atoms with Crippen molar-refractivity contribution in [3.05, 3.63) is 84.2 Å². The standard InChI is InChI=1S/C28H29N5/c1-21(32-16-11-24(12-17-32)23-6-4-22(19-29)5-7-23)25-10-13-30-27(18-25)26-8-9-28(31-20-26)33-14-2-3-15-33/h4-10,13,18,20,24H,1-3,11-12,14-17H2. The van der Waals surface area contributed by atoms with Gasteiger partial charge in [0.15, 0.2) is 0 Å². The number of aromatic nitrogens is 2. The molecular formula is C28H29N5. The molecule has 0 spiro atoms. The average molecular weight is 436 g/mol. The maximum atomic E-state index is 9.02. The van der Waals surface area contributed by atoms with Gasteiger partial charge in [0.25, 0.3) is 0 Å². The summed E-state index contributed by atoms with van der Waals surface area (Å²) in [6, 6.07) is 18.7. The Bertz CT molecular complexity index is 1150. The van der Waals surface area contributed by atoms with Crippen LogP contribution >= 0.6 is 0 Å². The molecule has 2 aliphatic rings. The molecule has 0 saturated carbocycles. The summed E-state index contributed by atoms with van der Waals surface area (Å²) >= 11 is 0. The van der Waals surface area contributed by atoms with E-state index in [1.165, 1.54) is 18.4 Å². The van der Waals surface area contributed by atoms with E-state index in [0.29, 0.717) is 5.92 Å². The van der Waals surface area contributed by atoms with Crippen LogP contribution in [0.1, 0.15) is 48.3 Å². The van der Waals surface area contributed by atoms with E-state index in [9.17, 15) is 0 Å². The second-order valence-corrected chi connectivity index (χ2v) is 8.97. The minimum atomic E-state index is 0.537. The zero-order valence-corrected chi connectivity index (χ0v) is 19.0. The molecule has 33 heavy (non-hydrogen) atoms. The van der Waals surface area contributed by atoms with Crippen molar-refractivity contribution in [2.75, 3.05) is 31.1 Å². The third kappa shape index (κ3) is 4.61. The molecule has 0 atom stereocenters. The summed E-state index contributed by atoms with van der Waals surface area (Å²) in [7, 11) is 0. The Morgan fingerprint density at radius 3 is 2.36 bits per heavy atom. The summed E-state index contributed by atoms with van der Waals surface area (Å²) in [6.45, 7) is 8.57. The van der Waals surface area contributed by atoms with Crippen molar-refractivity contribution in [1.82, 2.24) is 14.9 Å². The van der Waals surface area contributed by atoms with Crippen molar-refractivity contribution in [3.8, 4) is 17.3 Å². The van der Waals surface area contributed by atoms with Crippen LogP contribution in [0, 0.1) is 11.3 Å². The first-order chi connectivity index (χ1) is 16.2. The lowest BCUT2D eigenvalue weighted by molar-refractivity contribution is 0.299. The van der Waals surface area contributed by atoms with E-state index in [4.69, 9.17) is 5.26 Å². The molecule has 5 nitrogen and oxygen atoms in total. The molecule has 0 amide bonds. The highest BCUT2D eigenvalue weighted by Gasteiger charge is 2.22. The smallest absolute Gasteiger partial charge is 0.128 e. The monoisotopic (exact) mass is 435 g/mol. The highest BCUT2D eigenvalue weighted by atomic mass is 15.2. The number of rotatable bonds is 5. The zero-order chi connectivity index (χ0) is 22.6. The summed E-state index contributed by atoms with van der Waals surface area (Å²) in [4.78, 5) is 14.0. The SMILES string of the molecule is C=C(c1ccnc(-c2ccc(N3CCCC3)nc2)c1)N1CCC(c2ccc(C#N)cc2)CC1. The number of nitriles is 1. The van der Waals surface area contributed by atoms with Gasteiger partial charge in [-0.25, -0.2) is 4.98 Å². The summed E-state index contributed by atoms with van der Waals surface area (Å²) in [5.74, 6) is 1.59. The highest BCUT2D eigenvalue weighted by molar-refractivity contribution is 5.68. The molecule has 0 bridgehead atoms. The number of benzene rings is 1. The predicted molar refractivity (Wildman–Crippen MR) is 133 cm³/mol. The fourth-order valence-electron chi connectivity index (χ4n) is 4.93. The van der Waals surface area contributed by atoms with Crippen LogP contribution in [-0.2, 0) is 0 Å². The summed E-state index contributed by atoms with van der Waals surface area (Å²) < 4.78 is 0. The van der Waals surface area contributed by atoms with E-state index in [2.05, 4.69) is 62.7 Å². The van der Waals surface area contributed by atoms with Crippen LogP contribution in [0.5, 0.6) is 0 Å². The second kappa shape index (κ2) is 9.46. The second-order valence-electron chi connectivity index (χ2n) is 8.97. The Kier molecular flexibility index (Phi) is 6.08. The summed E-state index contributed by atoms with van der Waals surface area (Å²) in [6.07, 6.45) is 8.48. The zero-order valence-electron chi connectivity index (χ0n) is 19.0. The minimum absolute atomic E-state index is 0.537. The number of hydrogen-bond acceptors (Lipinski definition) is 5. The van der Waals surface area contributed by atoms with E-state index in [-0.39, 0.29) is 0 Å². The van der Waals surface area contributed by atoms with Gasteiger partial charge in [0.2, 0.25) is 0 Å². The van der Waals surface area contributed by atoms with E-state index in [1.54, 1.807) is 0 Å². The van der Waals surface area contributed by atoms with E-state index in [0.717, 1.165) is 72.9 Å². The van der Waals surface area contributed by atoms with Crippen LogP contribution in [0.4, 0.5) is 5.82 Å². The molecule has 4 heterocycles. The number of hydrogen-bond donors (Lipinski definition) is 0. The molecule has 2 aliphatic heterocycles. The van der Waals surface area contributed by atoms with Gasteiger partial charge in [-0.1, -0.05) is 18.7 Å². The quantitative estimate of drug-likeness (QED) is 0.532. The van der Waals surface area contributed by atoms with E-state index in [1.807, 2.05) is 30.6 Å². The molecule has 0 aliphatic carbocycles. The number of anilines is 1. The van der Waals surface area contributed by atoms with Crippen LogP contribution in [0.3, 0.4) is 0 Å². The first-order valence-electron chi connectivity index (χ1n) is 11.8. The normalized spacial score (nSPS) is 16.6. The molecule has 2 aromatic heterocycles. The van der Waals surface area contributed by atoms with Gasteiger partial charge in [-0.2, -0.15) is 5.26 Å². The minimum Gasteiger partial charge on any atom is -0.371 e. The van der Waals surface area contributed by atoms with Crippen LogP contribution in [-0.4, -0.2) is 41.0 Å². The van der Waals surface area contributed by atoms with Gasteiger partial charge < -0.3 is 9.80 Å². The molecule has 0 unspecified atom stereocenters. The van der Waals surface area contributed by atoms with Gasteiger partial charge in [-0.3, -0.25) is 4.98 Å². The predicted octanol–water partition coefficient (Wildman–Crippen LogP) is 5.47. The highest BCUT2D eigenvalue weighted by Crippen LogP contribution is 2.32. The van der Waals surface area contributed by atoms with Crippen molar-refractivity contribution in [1.29, 1.82) is 5.26 Å². The molecule has 3 aromatic rings. The van der Waals surface area contributed by atoms with Crippen molar-refractivity contribution in [2.45, 2.75) is 31.6 Å². The fraction of sp³-hybridized carbons (Fsp3) is 0.321. The lowest BCUT2D eigenvalue weighted by atomic mass is 9.88. The number of piperidine rings is 1. The largest absolute Gasteiger partial charge is 0.371 e. The van der Waals surface area contributed by atoms with Gasteiger partial charge in [-0.05, 0) is 73.6 Å². The first kappa shape index (κ1) is 21.2. The van der Waals surface area contributed by atoms with Gasteiger partial charge in [0, 0.05) is 55.4 Å².